The minimum Gasteiger partial charge on any atom is -0.447 e. The lowest BCUT2D eigenvalue weighted by Crippen LogP contribution is -2.59. The molecule has 1 aromatic carbocycles. The van der Waals surface area contributed by atoms with E-state index < -0.39 is 40.4 Å². The van der Waals surface area contributed by atoms with Crippen molar-refractivity contribution in [3.8, 4) is 18.2 Å². The fourth-order valence-corrected chi connectivity index (χ4v) is 5.36. The van der Waals surface area contributed by atoms with E-state index in [1.165, 1.54) is 12.1 Å². The van der Waals surface area contributed by atoms with Crippen LogP contribution in [0.5, 0.6) is 0 Å². The maximum absolute atomic E-state index is 14.8. The Balaban J connectivity index is 2.02. The fraction of sp³-hybridized carbons (Fsp3) is 0.500. The maximum Gasteiger partial charge on any atom is 0.217 e. The van der Waals surface area contributed by atoms with E-state index in [2.05, 4.69) is 22.0 Å². The molecule has 1 saturated carbocycles. The zero-order valence-electron chi connectivity index (χ0n) is 14.8. The summed E-state index contributed by atoms with van der Waals surface area (Å²) in [6, 6.07) is 10.2. The minimum absolute atomic E-state index is 0.00583. The van der Waals surface area contributed by atoms with Gasteiger partial charge in [-0.3, -0.25) is 5.41 Å². The Kier molecular flexibility index (Phi) is 4.23. The minimum atomic E-state index is -2.11. The summed E-state index contributed by atoms with van der Waals surface area (Å²) in [5.41, 5.74) is -3.92. The van der Waals surface area contributed by atoms with Gasteiger partial charge in [0.1, 0.15) is 11.9 Å². The molecule has 4 rings (SSSR count). The van der Waals surface area contributed by atoms with Crippen LogP contribution in [0.1, 0.15) is 43.8 Å². The first-order valence-corrected chi connectivity index (χ1v) is 9.84. The molecule has 4 atom stereocenters. The summed E-state index contributed by atoms with van der Waals surface area (Å²) < 4.78 is 27.4. The Morgan fingerprint density at radius 1 is 1.14 bits per heavy atom. The predicted molar refractivity (Wildman–Crippen MR) is 97.7 cm³/mol. The van der Waals surface area contributed by atoms with Crippen molar-refractivity contribution in [2.24, 2.45) is 16.7 Å². The predicted octanol–water partition coefficient (Wildman–Crippen LogP) is 4.49. The van der Waals surface area contributed by atoms with Crippen molar-refractivity contribution in [2.75, 3.05) is 0 Å². The topological polar surface area (TPSA) is 114 Å². The molecule has 0 spiro atoms. The molecule has 3 aliphatic rings. The van der Waals surface area contributed by atoms with Gasteiger partial charge in [0.15, 0.2) is 5.41 Å². The van der Waals surface area contributed by atoms with E-state index in [1.54, 1.807) is 6.07 Å². The van der Waals surface area contributed by atoms with Crippen LogP contribution in [0.3, 0.4) is 0 Å². The summed E-state index contributed by atoms with van der Waals surface area (Å²) in [6.07, 6.45) is 1.99. The molecule has 3 fully saturated rings. The highest BCUT2D eigenvalue weighted by molar-refractivity contribution is 9.10. The highest BCUT2D eigenvalue weighted by Gasteiger charge is 2.80. The SMILES string of the molecule is N#CC1(C#N)C(c2ccc(Br)cc2F)OC23CCCCCC2C1(C#N)C(=N)O3. The van der Waals surface area contributed by atoms with Gasteiger partial charge in [0.2, 0.25) is 17.1 Å². The van der Waals surface area contributed by atoms with Crippen molar-refractivity contribution < 1.29 is 13.9 Å². The summed E-state index contributed by atoms with van der Waals surface area (Å²) in [5, 5.41) is 38.9. The van der Waals surface area contributed by atoms with Crippen LogP contribution < -0.4 is 0 Å². The van der Waals surface area contributed by atoms with Crippen molar-refractivity contribution in [1.29, 1.82) is 21.2 Å². The van der Waals surface area contributed by atoms with Crippen LogP contribution in [0.15, 0.2) is 22.7 Å². The number of halogens is 2. The van der Waals surface area contributed by atoms with Crippen LogP contribution >= 0.6 is 15.9 Å². The molecule has 0 amide bonds. The van der Waals surface area contributed by atoms with Gasteiger partial charge in [-0.15, -0.1) is 0 Å². The van der Waals surface area contributed by atoms with Gasteiger partial charge in [0, 0.05) is 16.5 Å². The van der Waals surface area contributed by atoms with E-state index in [0.717, 1.165) is 19.3 Å². The molecule has 2 aliphatic heterocycles. The molecule has 1 aliphatic carbocycles. The third-order valence-electron chi connectivity index (χ3n) is 6.31. The van der Waals surface area contributed by atoms with E-state index in [1.807, 2.05) is 12.1 Å². The van der Waals surface area contributed by atoms with E-state index in [4.69, 9.17) is 14.9 Å². The zero-order valence-corrected chi connectivity index (χ0v) is 16.4. The standard InChI is InChI=1S/C20H16BrFN4O2/c21-12-5-6-13(14(22)8-12)16-18(9-23,10-24)19(11-25)15-4-2-1-3-7-20(15,27-16)28-17(19)26/h5-6,8,15-16,26H,1-4,7H2. The fourth-order valence-electron chi connectivity index (χ4n) is 5.03. The second-order valence-electron chi connectivity index (χ2n) is 7.51. The molecular formula is C20H16BrFN4O2. The first kappa shape index (κ1) is 18.9. The molecular weight excluding hydrogens is 427 g/mol. The summed E-state index contributed by atoms with van der Waals surface area (Å²) in [5.74, 6) is -3.01. The van der Waals surface area contributed by atoms with Gasteiger partial charge in [-0.1, -0.05) is 34.8 Å². The Morgan fingerprint density at radius 2 is 1.89 bits per heavy atom. The van der Waals surface area contributed by atoms with Gasteiger partial charge in [0.25, 0.3) is 0 Å². The molecule has 2 saturated heterocycles. The summed E-state index contributed by atoms with van der Waals surface area (Å²) in [6.45, 7) is 0. The van der Waals surface area contributed by atoms with Gasteiger partial charge >= 0.3 is 0 Å². The van der Waals surface area contributed by atoms with Crippen LogP contribution in [0, 0.1) is 62.0 Å². The highest BCUT2D eigenvalue weighted by atomic mass is 79.9. The lowest BCUT2D eigenvalue weighted by molar-refractivity contribution is -0.285. The quantitative estimate of drug-likeness (QED) is 0.687. The van der Waals surface area contributed by atoms with Crippen molar-refractivity contribution in [3.63, 3.8) is 0 Å². The molecule has 6 nitrogen and oxygen atoms in total. The van der Waals surface area contributed by atoms with Gasteiger partial charge in [-0.05, 0) is 25.0 Å². The number of hydrogen-bond donors (Lipinski definition) is 1. The average molecular weight is 443 g/mol. The van der Waals surface area contributed by atoms with Crippen molar-refractivity contribution in [2.45, 2.75) is 44.0 Å². The van der Waals surface area contributed by atoms with Crippen LogP contribution in [0.25, 0.3) is 0 Å². The van der Waals surface area contributed by atoms with Crippen LogP contribution in [-0.2, 0) is 9.47 Å². The summed E-state index contributed by atoms with van der Waals surface area (Å²) in [4.78, 5) is 0. The lowest BCUT2D eigenvalue weighted by atomic mass is 9.52. The van der Waals surface area contributed by atoms with Crippen LogP contribution in [0.4, 0.5) is 4.39 Å². The number of hydrogen-bond acceptors (Lipinski definition) is 6. The molecule has 8 heteroatoms. The van der Waals surface area contributed by atoms with E-state index in [9.17, 15) is 20.2 Å². The van der Waals surface area contributed by atoms with Gasteiger partial charge in [0.05, 0.1) is 24.1 Å². The smallest absolute Gasteiger partial charge is 0.217 e. The molecule has 2 heterocycles. The van der Waals surface area contributed by atoms with Gasteiger partial charge in [-0.2, -0.15) is 15.8 Å². The lowest BCUT2D eigenvalue weighted by Gasteiger charge is -2.49. The molecule has 2 bridgehead atoms. The molecule has 4 unspecified atom stereocenters. The molecule has 0 aromatic heterocycles. The third-order valence-corrected chi connectivity index (χ3v) is 6.80. The number of nitrogens with one attached hydrogen (secondary N) is 1. The summed E-state index contributed by atoms with van der Waals surface area (Å²) in [7, 11) is 0. The monoisotopic (exact) mass is 442 g/mol. The number of nitriles is 3. The summed E-state index contributed by atoms with van der Waals surface area (Å²) >= 11 is 3.20. The van der Waals surface area contributed by atoms with E-state index in [0.29, 0.717) is 17.3 Å². The molecule has 28 heavy (non-hydrogen) atoms. The number of benzene rings is 1. The Labute approximate surface area is 170 Å². The van der Waals surface area contributed by atoms with Crippen molar-refractivity contribution in [1.82, 2.24) is 0 Å². The van der Waals surface area contributed by atoms with Gasteiger partial charge < -0.3 is 9.47 Å². The van der Waals surface area contributed by atoms with E-state index in [-0.39, 0.29) is 5.56 Å². The number of rotatable bonds is 1. The second kappa shape index (κ2) is 6.27. The maximum atomic E-state index is 14.8. The first-order valence-electron chi connectivity index (χ1n) is 9.05. The highest BCUT2D eigenvalue weighted by Crippen LogP contribution is 2.69. The second-order valence-corrected chi connectivity index (χ2v) is 8.43. The number of nitrogens with zero attached hydrogens (tertiary/aromatic N) is 3. The van der Waals surface area contributed by atoms with Crippen LogP contribution in [0.2, 0.25) is 0 Å². The van der Waals surface area contributed by atoms with E-state index >= 15 is 0 Å². The first-order chi connectivity index (χ1) is 13.4. The normalized spacial score (nSPS) is 35.5. The Hall–Kier alpha value is -2.47. The Bertz CT molecular complexity index is 979. The molecule has 142 valence electrons. The Morgan fingerprint density at radius 3 is 2.54 bits per heavy atom. The molecule has 0 radical (unpaired) electrons. The van der Waals surface area contributed by atoms with Crippen molar-refractivity contribution >= 4 is 21.8 Å². The molecule has 1 aromatic rings. The van der Waals surface area contributed by atoms with Crippen molar-refractivity contribution in [3.05, 3.63) is 34.1 Å². The molecule has 1 N–H and O–H groups in total. The largest absolute Gasteiger partial charge is 0.447 e. The van der Waals surface area contributed by atoms with Gasteiger partial charge in [-0.25, -0.2) is 4.39 Å². The number of ether oxygens (including phenoxy) is 2. The average Bonchev–Trinajstić information content (AvgIpc) is 2.80. The van der Waals surface area contributed by atoms with Crippen LogP contribution in [-0.4, -0.2) is 11.7 Å². The third kappa shape index (κ3) is 2.09. The zero-order chi connectivity index (χ0) is 20.2.